The number of rotatable bonds is 7. The zero-order valence-corrected chi connectivity index (χ0v) is 14.5. The number of nitrogens with one attached hydrogen (secondary N) is 1. The van der Waals surface area contributed by atoms with Gasteiger partial charge < -0.3 is 19.5 Å². The van der Waals surface area contributed by atoms with Gasteiger partial charge in [-0.25, -0.2) is 9.59 Å². The lowest BCUT2D eigenvalue weighted by Gasteiger charge is -2.29. The van der Waals surface area contributed by atoms with Gasteiger partial charge in [-0.05, 0) is 31.2 Å². The minimum absolute atomic E-state index is 0.0139. The molecule has 0 amide bonds. The van der Waals surface area contributed by atoms with E-state index in [2.05, 4.69) is 5.32 Å². The number of hydrogen-bond donors (Lipinski definition) is 1. The van der Waals surface area contributed by atoms with Crippen molar-refractivity contribution in [2.75, 3.05) is 18.5 Å². The van der Waals surface area contributed by atoms with Gasteiger partial charge >= 0.3 is 11.9 Å². The predicted octanol–water partition coefficient (Wildman–Crippen LogP) is 2.43. The molecule has 0 saturated carbocycles. The monoisotopic (exact) mass is 347 g/mol. The average Bonchev–Trinajstić information content (AvgIpc) is 2.53. The van der Waals surface area contributed by atoms with Gasteiger partial charge in [-0.3, -0.25) is 4.79 Å². The number of anilines is 1. The van der Waals surface area contributed by atoms with Crippen molar-refractivity contribution in [1.29, 1.82) is 0 Å². The Kier molecular flexibility index (Phi) is 5.93. The maximum Gasteiger partial charge on any atom is 0.350 e. The number of carbonyl (C=O) groups is 3. The summed E-state index contributed by atoms with van der Waals surface area (Å²) in [5.74, 6) is -2.79. The molecule has 0 unspecified atom stereocenters. The zero-order chi connectivity index (χ0) is 18.4. The van der Waals surface area contributed by atoms with E-state index in [0.29, 0.717) is 30.9 Å². The highest BCUT2D eigenvalue weighted by Gasteiger charge is 2.38. The molecular formula is C18H21NO6. The fourth-order valence-corrected chi connectivity index (χ4v) is 2.14. The summed E-state index contributed by atoms with van der Waals surface area (Å²) >= 11 is 0. The van der Waals surface area contributed by atoms with Crippen molar-refractivity contribution in [2.45, 2.75) is 33.0 Å². The minimum atomic E-state index is -1.27. The van der Waals surface area contributed by atoms with Gasteiger partial charge in [0.2, 0.25) is 0 Å². The molecule has 0 radical (unpaired) electrons. The van der Waals surface area contributed by atoms with Crippen LogP contribution in [0.4, 0.5) is 5.69 Å². The Morgan fingerprint density at radius 2 is 1.76 bits per heavy atom. The second-order valence-corrected chi connectivity index (χ2v) is 5.83. The Bertz CT molecular complexity index is 668. The molecule has 0 spiro atoms. The zero-order valence-electron chi connectivity index (χ0n) is 14.5. The van der Waals surface area contributed by atoms with Crippen molar-refractivity contribution < 1.29 is 28.6 Å². The highest BCUT2D eigenvalue weighted by atomic mass is 16.7. The maximum atomic E-state index is 11.9. The van der Waals surface area contributed by atoms with Gasteiger partial charge in [-0.2, -0.15) is 0 Å². The van der Waals surface area contributed by atoms with Crippen LogP contribution in [-0.4, -0.2) is 36.7 Å². The Labute approximate surface area is 145 Å². The summed E-state index contributed by atoms with van der Waals surface area (Å²) in [4.78, 5) is 35.6. The highest BCUT2D eigenvalue weighted by molar-refractivity contribution is 6.15. The average molecular weight is 347 g/mol. The van der Waals surface area contributed by atoms with Gasteiger partial charge in [-0.15, -0.1) is 0 Å². The molecule has 1 aliphatic rings. The molecule has 1 saturated heterocycles. The van der Waals surface area contributed by atoms with E-state index in [4.69, 9.17) is 14.2 Å². The number of cyclic esters (lactones) is 2. The van der Waals surface area contributed by atoms with Gasteiger partial charge in [0.15, 0.2) is 11.4 Å². The van der Waals surface area contributed by atoms with Crippen molar-refractivity contribution in [3.8, 4) is 0 Å². The van der Waals surface area contributed by atoms with Crippen LogP contribution in [0.1, 0.15) is 37.6 Å². The standard InChI is InChI=1S/C18H21NO6/c1-4-23-10-9-15(20)12-5-7-13(8-6-12)19-11-14-16(21)24-18(2,3)25-17(14)22/h5-8,11,19H,4,9-10H2,1-3H3. The van der Waals surface area contributed by atoms with E-state index < -0.39 is 17.7 Å². The second-order valence-electron chi connectivity index (χ2n) is 5.83. The summed E-state index contributed by atoms with van der Waals surface area (Å²) in [6, 6.07) is 6.67. The molecule has 0 bridgehead atoms. The van der Waals surface area contributed by atoms with E-state index in [-0.39, 0.29) is 11.4 Å². The third-order valence-corrected chi connectivity index (χ3v) is 3.38. The molecule has 25 heavy (non-hydrogen) atoms. The largest absolute Gasteiger partial charge is 0.419 e. The fraction of sp³-hybridized carbons (Fsp3) is 0.389. The van der Waals surface area contributed by atoms with Crippen molar-refractivity contribution in [3.05, 3.63) is 41.6 Å². The van der Waals surface area contributed by atoms with Crippen LogP contribution in [0.25, 0.3) is 0 Å². The molecule has 1 aromatic carbocycles. The Morgan fingerprint density at radius 3 is 2.32 bits per heavy atom. The van der Waals surface area contributed by atoms with E-state index in [0.717, 1.165) is 0 Å². The van der Waals surface area contributed by atoms with Gasteiger partial charge in [-0.1, -0.05) is 0 Å². The van der Waals surface area contributed by atoms with Crippen LogP contribution in [0.15, 0.2) is 36.0 Å². The summed E-state index contributed by atoms with van der Waals surface area (Å²) in [5, 5.41) is 2.82. The molecule has 1 fully saturated rings. The summed E-state index contributed by atoms with van der Waals surface area (Å²) in [5.41, 5.74) is 0.951. The van der Waals surface area contributed by atoms with Crippen LogP contribution in [0.3, 0.4) is 0 Å². The molecule has 1 heterocycles. The first-order valence-electron chi connectivity index (χ1n) is 7.97. The van der Waals surface area contributed by atoms with Gasteiger partial charge in [0, 0.05) is 44.3 Å². The molecule has 7 nitrogen and oxygen atoms in total. The quantitative estimate of drug-likeness (QED) is 0.266. The molecule has 2 rings (SSSR count). The molecule has 1 aliphatic heterocycles. The highest BCUT2D eigenvalue weighted by Crippen LogP contribution is 2.22. The number of esters is 2. The number of ether oxygens (including phenoxy) is 3. The summed E-state index contributed by atoms with van der Waals surface area (Å²) in [7, 11) is 0. The molecule has 1 N–H and O–H groups in total. The second kappa shape index (κ2) is 7.94. The third kappa shape index (κ3) is 5.15. The van der Waals surface area contributed by atoms with E-state index in [9.17, 15) is 14.4 Å². The fourth-order valence-electron chi connectivity index (χ4n) is 2.14. The summed E-state index contributed by atoms with van der Waals surface area (Å²) < 4.78 is 15.2. The number of carbonyl (C=O) groups excluding carboxylic acids is 3. The Morgan fingerprint density at radius 1 is 1.16 bits per heavy atom. The van der Waals surface area contributed by atoms with Gasteiger partial charge in [0.05, 0.1) is 6.61 Å². The number of benzene rings is 1. The molecule has 0 aromatic heterocycles. The van der Waals surface area contributed by atoms with Crippen LogP contribution in [0, 0.1) is 0 Å². The van der Waals surface area contributed by atoms with Crippen LogP contribution in [0.5, 0.6) is 0 Å². The first kappa shape index (κ1) is 18.7. The molecule has 0 atom stereocenters. The summed E-state index contributed by atoms with van der Waals surface area (Å²) in [6.07, 6.45) is 1.55. The van der Waals surface area contributed by atoms with Crippen LogP contribution in [-0.2, 0) is 23.8 Å². The number of hydrogen-bond acceptors (Lipinski definition) is 7. The Hall–Kier alpha value is -2.67. The SMILES string of the molecule is CCOCCC(=O)c1ccc(NC=C2C(=O)OC(C)(C)OC2=O)cc1. The van der Waals surface area contributed by atoms with Crippen molar-refractivity contribution in [3.63, 3.8) is 0 Å². The molecule has 7 heteroatoms. The molecule has 134 valence electrons. The lowest BCUT2D eigenvalue weighted by Crippen LogP contribution is -2.42. The normalized spacial score (nSPS) is 16.0. The first-order chi connectivity index (χ1) is 11.8. The van der Waals surface area contributed by atoms with E-state index >= 15 is 0 Å². The lowest BCUT2D eigenvalue weighted by molar-refractivity contribution is -0.222. The van der Waals surface area contributed by atoms with Crippen LogP contribution in [0.2, 0.25) is 0 Å². The molecular weight excluding hydrogens is 326 g/mol. The lowest BCUT2D eigenvalue weighted by atomic mass is 10.1. The first-order valence-corrected chi connectivity index (χ1v) is 7.97. The number of Topliss-reactive ketones (excluding diaryl/α,β-unsaturated/α-hetero) is 1. The summed E-state index contributed by atoms with van der Waals surface area (Å²) in [6.45, 7) is 5.80. The van der Waals surface area contributed by atoms with Crippen LogP contribution < -0.4 is 5.32 Å². The predicted molar refractivity (Wildman–Crippen MR) is 89.9 cm³/mol. The smallest absolute Gasteiger partial charge is 0.350 e. The van der Waals surface area contributed by atoms with Crippen LogP contribution >= 0.6 is 0 Å². The van der Waals surface area contributed by atoms with Crippen molar-refractivity contribution >= 4 is 23.4 Å². The van der Waals surface area contributed by atoms with E-state index in [1.54, 1.807) is 24.3 Å². The molecule has 0 aliphatic carbocycles. The van der Waals surface area contributed by atoms with Crippen molar-refractivity contribution in [1.82, 2.24) is 0 Å². The van der Waals surface area contributed by atoms with Crippen molar-refractivity contribution in [2.24, 2.45) is 0 Å². The molecule has 1 aromatic rings. The topological polar surface area (TPSA) is 90.9 Å². The number of ketones is 1. The van der Waals surface area contributed by atoms with E-state index in [1.165, 1.54) is 20.0 Å². The van der Waals surface area contributed by atoms with Gasteiger partial charge in [0.25, 0.3) is 5.79 Å². The Balaban J connectivity index is 1.98. The van der Waals surface area contributed by atoms with Gasteiger partial charge in [0.1, 0.15) is 0 Å². The minimum Gasteiger partial charge on any atom is -0.419 e. The maximum absolute atomic E-state index is 11.9. The third-order valence-electron chi connectivity index (χ3n) is 3.38. The van der Waals surface area contributed by atoms with E-state index in [1.807, 2.05) is 6.92 Å².